The highest BCUT2D eigenvalue weighted by atomic mass is 19.1. The molecule has 1 N–H and O–H groups in total. The molecule has 13 heavy (non-hydrogen) atoms. The van der Waals surface area contributed by atoms with E-state index in [0.29, 0.717) is 12.0 Å². The van der Waals surface area contributed by atoms with Gasteiger partial charge in [0.25, 0.3) is 0 Å². The number of hydrogen-bond donors (Lipinski definition) is 1. The maximum Gasteiger partial charge on any atom is 0.126 e. The van der Waals surface area contributed by atoms with Gasteiger partial charge in [0.15, 0.2) is 0 Å². The third-order valence-electron chi connectivity index (χ3n) is 1.63. The molecule has 1 nitrogen and oxygen atoms in total. The molecule has 0 aliphatic rings. The predicted octanol–water partition coefficient (Wildman–Crippen LogP) is 1.87. The number of hydrogen-bond acceptors (Lipinski definition) is 1. The molecule has 0 saturated carbocycles. The summed E-state index contributed by atoms with van der Waals surface area (Å²) in [6.07, 6.45) is 0.455. The van der Waals surface area contributed by atoms with Gasteiger partial charge in [-0.1, -0.05) is 11.8 Å². The van der Waals surface area contributed by atoms with Crippen molar-refractivity contribution in [2.45, 2.75) is 13.3 Å². The second-order valence-corrected chi connectivity index (χ2v) is 2.74. The topological polar surface area (TPSA) is 20.2 Å². The molecule has 0 radical (unpaired) electrons. The fourth-order valence-corrected chi connectivity index (χ4v) is 0.943. The molecular weight excluding hydrogens is 167 g/mol. The van der Waals surface area contributed by atoms with E-state index in [4.69, 9.17) is 5.11 Å². The van der Waals surface area contributed by atoms with Crippen molar-refractivity contribution in [2.24, 2.45) is 0 Å². The van der Waals surface area contributed by atoms with E-state index in [0.717, 1.165) is 5.56 Å². The number of halogens is 1. The minimum absolute atomic E-state index is 0.0627. The van der Waals surface area contributed by atoms with Crippen LogP contribution in [0.2, 0.25) is 0 Å². The van der Waals surface area contributed by atoms with Crippen molar-refractivity contribution >= 4 is 0 Å². The Morgan fingerprint density at radius 3 is 2.85 bits per heavy atom. The summed E-state index contributed by atoms with van der Waals surface area (Å²) >= 11 is 0. The Hall–Kier alpha value is -1.33. The molecule has 0 saturated heterocycles. The molecule has 1 aromatic carbocycles. The smallest absolute Gasteiger partial charge is 0.126 e. The normalized spacial score (nSPS) is 9.15. The van der Waals surface area contributed by atoms with Gasteiger partial charge in [0, 0.05) is 12.0 Å². The molecule has 1 aromatic rings. The fraction of sp³-hybridized carbons (Fsp3) is 0.273. The fourth-order valence-electron chi connectivity index (χ4n) is 0.943. The molecule has 68 valence electrons. The zero-order chi connectivity index (χ0) is 9.68. The molecule has 2 heteroatoms. The molecule has 0 aromatic heterocycles. The first-order chi connectivity index (χ1) is 6.24. The van der Waals surface area contributed by atoms with Crippen molar-refractivity contribution < 1.29 is 9.50 Å². The molecule has 0 aliphatic carbocycles. The number of rotatable bonds is 1. The van der Waals surface area contributed by atoms with Crippen LogP contribution in [0.3, 0.4) is 0 Å². The molecule has 0 spiro atoms. The molecule has 0 fully saturated rings. The van der Waals surface area contributed by atoms with Crippen LogP contribution in [-0.2, 0) is 0 Å². The standard InChI is InChI=1S/C11H11FO/c1-9-8-10(4-2-3-7-13)5-6-11(9)12/h5-6,8,13H,3,7H2,1H3. The second-order valence-electron chi connectivity index (χ2n) is 2.74. The van der Waals surface area contributed by atoms with Crippen LogP contribution in [0.15, 0.2) is 18.2 Å². The van der Waals surface area contributed by atoms with Gasteiger partial charge in [0.05, 0.1) is 6.61 Å². The lowest BCUT2D eigenvalue weighted by atomic mass is 10.1. The molecule has 0 bridgehead atoms. The summed E-state index contributed by atoms with van der Waals surface area (Å²) in [7, 11) is 0. The van der Waals surface area contributed by atoms with Gasteiger partial charge in [0.2, 0.25) is 0 Å². The highest BCUT2D eigenvalue weighted by molar-refractivity contribution is 5.37. The first kappa shape index (κ1) is 9.76. The van der Waals surface area contributed by atoms with E-state index in [1.165, 1.54) is 6.07 Å². The van der Waals surface area contributed by atoms with E-state index in [9.17, 15) is 4.39 Å². The molecule has 0 amide bonds. The van der Waals surface area contributed by atoms with Crippen molar-refractivity contribution in [3.05, 3.63) is 35.1 Å². The average molecular weight is 178 g/mol. The monoisotopic (exact) mass is 178 g/mol. The van der Waals surface area contributed by atoms with Crippen molar-refractivity contribution in [3.8, 4) is 11.8 Å². The third kappa shape index (κ3) is 2.89. The van der Waals surface area contributed by atoms with Crippen LogP contribution in [0.4, 0.5) is 4.39 Å². The average Bonchev–Trinajstić information content (AvgIpc) is 2.12. The van der Waals surface area contributed by atoms with Crippen molar-refractivity contribution in [3.63, 3.8) is 0 Å². The SMILES string of the molecule is Cc1cc(C#CCCO)ccc1F. The summed E-state index contributed by atoms with van der Waals surface area (Å²) in [5.74, 6) is 5.40. The molecular formula is C11H11FO. The Bertz CT molecular complexity index is 347. The van der Waals surface area contributed by atoms with E-state index in [1.807, 2.05) is 0 Å². The Balaban J connectivity index is 2.81. The lowest BCUT2D eigenvalue weighted by Gasteiger charge is -1.95. The maximum atomic E-state index is 12.8. The van der Waals surface area contributed by atoms with Gasteiger partial charge in [-0.2, -0.15) is 0 Å². The Morgan fingerprint density at radius 2 is 2.23 bits per heavy atom. The van der Waals surface area contributed by atoms with E-state index in [-0.39, 0.29) is 12.4 Å². The number of aliphatic hydroxyl groups is 1. The summed E-state index contributed by atoms with van der Waals surface area (Å²) in [6.45, 7) is 1.76. The number of aryl methyl sites for hydroxylation is 1. The highest BCUT2D eigenvalue weighted by Crippen LogP contribution is 2.07. The minimum atomic E-state index is -0.215. The lowest BCUT2D eigenvalue weighted by Crippen LogP contribution is -1.83. The van der Waals surface area contributed by atoms with Crippen LogP contribution < -0.4 is 0 Å². The quantitative estimate of drug-likeness (QED) is 0.651. The summed E-state index contributed by atoms with van der Waals surface area (Å²) in [6, 6.07) is 4.73. The molecule has 0 aliphatic heterocycles. The van der Waals surface area contributed by atoms with Gasteiger partial charge < -0.3 is 5.11 Å². The maximum absolute atomic E-state index is 12.8. The first-order valence-electron chi connectivity index (χ1n) is 4.10. The number of aliphatic hydroxyl groups excluding tert-OH is 1. The van der Waals surface area contributed by atoms with Crippen LogP contribution in [-0.4, -0.2) is 11.7 Å². The summed E-state index contributed by atoms with van der Waals surface area (Å²) in [4.78, 5) is 0. The van der Waals surface area contributed by atoms with Crippen LogP contribution in [0.5, 0.6) is 0 Å². The zero-order valence-electron chi connectivity index (χ0n) is 7.47. The Morgan fingerprint density at radius 1 is 1.46 bits per heavy atom. The van der Waals surface area contributed by atoms with Gasteiger partial charge in [-0.15, -0.1) is 0 Å². The van der Waals surface area contributed by atoms with Crippen LogP contribution in [0.1, 0.15) is 17.5 Å². The first-order valence-corrected chi connectivity index (χ1v) is 4.10. The van der Waals surface area contributed by atoms with Crippen LogP contribution >= 0.6 is 0 Å². The van der Waals surface area contributed by atoms with Crippen molar-refractivity contribution in [1.82, 2.24) is 0 Å². The van der Waals surface area contributed by atoms with E-state index < -0.39 is 0 Å². The third-order valence-corrected chi connectivity index (χ3v) is 1.63. The van der Waals surface area contributed by atoms with Crippen LogP contribution in [0.25, 0.3) is 0 Å². The van der Waals surface area contributed by atoms with Gasteiger partial charge in [-0.25, -0.2) is 4.39 Å². The lowest BCUT2D eigenvalue weighted by molar-refractivity contribution is 0.305. The zero-order valence-corrected chi connectivity index (χ0v) is 7.47. The van der Waals surface area contributed by atoms with Gasteiger partial charge in [-0.05, 0) is 30.7 Å². The van der Waals surface area contributed by atoms with E-state index in [2.05, 4.69) is 11.8 Å². The summed E-state index contributed by atoms with van der Waals surface area (Å²) in [5.41, 5.74) is 1.38. The molecule has 0 heterocycles. The van der Waals surface area contributed by atoms with Crippen molar-refractivity contribution in [1.29, 1.82) is 0 Å². The molecule has 0 atom stereocenters. The Kier molecular flexibility index (Phi) is 3.48. The predicted molar refractivity (Wildman–Crippen MR) is 49.7 cm³/mol. The minimum Gasteiger partial charge on any atom is -0.395 e. The summed E-state index contributed by atoms with van der Waals surface area (Å²) in [5, 5.41) is 8.48. The number of benzene rings is 1. The molecule has 0 unspecified atom stereocenters. The van der Waals surface area contributed by atoms with E-state index >= 15 is 0 Å². The van der Waals surface area contributed by atoms with Gasteiger partial charge >= 0.3 is 0 Å². The highest BCUT2D eigenvalue weighted by Gasteiger charge is 1.95. The molecule has 1 rings (SSSR count). The van der Waals surface area contributed by atoms with Crippen molar-refractivity contribution in [2.75, 3.05) is 6.61 Å². The van der Waals surface area contributed by atoms with E-state index in [1.54, 1.807) is 19.1 Å². The second kappa shape index (κ2) is 4.64. The van der Waals surface area contributed by atoms with Gasteiger partial charge in [-0.3, -0.25) is 0 Å². The largest absolute Gasteiger partial charge is 0.395 e. The van der Waals surface area contributed by atoms with Gasteiger partial charge in [0.1, 0.15) is 5.82 Å². The Labute approximate surface area is 77.2 Å². The van der Waals surface area contributed by atoms with Crippen LogP contribution in [0, 0.1) is 24.6 Å². The summed E-state index contributed by atoms with van der Waals surface area (Å²) < 4.78 is 12.8.